The van der Waals surface area contributed by atoms with Gasteiger partial charge in [0.1, 0.15) is 5.75 Å². The van der Waals surface area contributed by atoms with E-state index in [1.54, 1.807) is 13.2 Å². The summed E-state index contributed by atoms with van der Waals surface area (Å²) in [6.45, 7) is 0.615. The van der Waals surface area contributed by atoms with Crippen LogP contribution >= 0.6 is 34.9 Å². The first-order valence-electron chi connectivity index (χ1n) is 8.64. The first-order valence-corrected chi connectivity index (χ1v) is 10.7. The zero-order valence-corrected chi connectivity index (χ0v) is 17.7. The van der Waals surface area contributed by atoms with Crippen LogP contribution in [0.4, 0.5) is 4.39 Å². The van der Waals surface area contributed by atoms with Crippen LogP contribution in [0.1, 0.15) is 5.56 Å². The van der Waals surface area contributed by atoms with Crippen molar-refractivity contribution in [1.82, 2.24) is 19.5 Å². The Morgan fingerprint density at radius 3 is 2.62 bits per heavy atom. The molecule has 5 nitrogen and oxygen atoms in total. The highest BCUT2D eigenvalue weighted by molar-refractivity contribution is 7.97. The number of nitrogens with one attached hydrogen (secondary N) is 1. The first-order chi connectivity index (χ1) is 14.2. The topological polar surface area (TPSA) is 52.0 Å². The van der Waals surface area contributed by atoms with Gasteiger partial charge in [0.25, 0.3) is 0 Å². The molecule has 148 valence electrons. The number of hydrogen-bond donors (Lipinski definition) is 1. The average molecular weight is 447 g/mol. The Labute approximate surface area is 180 Å². The lowest BCUT2D eigenvalue weighted by atomic mass is 10.2. The van der Waals surface area contributed by atoms with Crippen LogP contribution in [0.5, 0.6) is 5.75 Å². The fraction of sp³-hybridized carbons (Fsp3) is 0.100. The van der Waals surface area contributed by atoms with E-state index >= 15 is 0 Å². The highest BCUT2D eigenvalue weighted by Crippen LogP contribution is 2.34. The molecule has 0 aliphatic heterocycles. The van der Waals surface area contributed by atoms with E-state index in [1.807, 2.05) is 53.1 Å². The number of benzene rings is 2. The molecule has 2 heterocycles. The predicted molar refractivity (Wildman–Crippen MR) is 115 cm³/mol. The molecule has 0 amide bonds. The molecule has 0 unspecified atom stereocenters. The Hall–Kier alpha value is -2.39. The molecule has 0 radical (unpaired) electrons. The van der Waals surface area contributed by atoms with Crippen LogP contribution < -0.4 is 9.46 Å². The summed E-state index contributed by atoms with van der Waals surface area (Å²) in [6.07, 6.45) is 0. The molecule has 0 saturated heterocycles. The first kappa shape index (κ1) is 19.9. The van der Waals surface area contributed by atoms with E-state index in [4.69, 9.17) is 16.3 Å². The molecule has 0 aliphatic carbocycles. The van der Waals surface area contributed by atoms with Gasteiger partial charge in [0.05, 0.1) is 17.7 Å². The molecule has 9 heteroatoms. The Kier molecular flexibility index (Phi) is 6.15. The van der Waals surface area contributed by atoms with E-state index in [0.717, 1.165) is 22.6 Å². The molecular weight excluding hydrogens is 431 g/mol. The fourth-order valence-electron chi connectivity index (χ4n) is 2.75. The second kappa shape index (κ2) is 8.96. The molecule has 2 aromatic heterocycles. The van der Waals surface area contributed by atoms with Gasteiger partial charge in [0.2, 0.25) is 5.16 Å². The molecule has 0 spiro atoms. The summed E-state index contributed by atoms with van der Waals surface area (Å²) in [6, 6.07) is 18.3. The molecule has 4 rings (SSSR count). The van der Waals surface area contributed by atoms with Gasteiger partial charge in [-0.05, 0) is 53.9 Å². The third kappa shape index (κ3) is 4.45. The molecule has 0 bridgehead atoms. The van der Waals surface area contributed by atoms with Gasteiger partial charge in [-0.25, -0.2) is 0 Å². The summed E-state index contributed by atoms with van der Waals surface area (Å²) in [5.41, 5.74) is 1.87. The van der Waals surface area contributed by atoms with Crippen molar-refractivity contribution in [2.24, 2.45) is 0 Å². The summed E-state index contributed by atoms with van der Waals surface area (Å²) in [4.78, 5) is 0.686. The zero-order valence-electron chi connectivity index (χ0n) is 15.3. The normalized spacial score (nSPS) is 11.0. The molecule has 29 heavy (non-hydrogen) atoms. The molecule has 1 N–H and O–H groups in total. The monoisotopic (exact) mass is 446 g/mol. The highest BCUT2D eigenvalue weighted by atomic mass is 35.5. The lowest BCUT2D eigenvalue weighted by molar-refractivity contribution is 0.412. The van der Waals surface area contributed by atoms with Crippen molar-refractivity contribution < 1.29 is 9.13 Å². The average Bonchev–Trinajstić information content (AvgIpc) is 3.35. The van der Waals surface area contributed by atoms with Crippen molar-refractivity contribution in [2.45, 2.75) is 11.7 Å². The number of para-hydroxylation sites is 2. The maximum absolute atomic E-state index is 13.6. The maximum Gasteiger partial charge on any atom is 0.211 e. The standard InChI is InChI=1S/C20H16ClFN4OS2/c1-27-16-5-3-2-4-15(16)26-19(17-10-11-18(22)28-17)24-25-20(26)29-23-12-13-6-8-14(21)9-7-13/h2-11,23H,12H2,1H3. The van der Waals surface area contributed by atoms with Gasteiger partial charge in [0, 0.05) is 11.6 Å². The quantitative estimate of drug-likeness (QED) is 0.375. The molecular formula is C20H16ClFN4OS2. The van der Waals surface area contributed by atoms with Gasteiger partial charge < -0.3 is 4.74 Å². The van der Waals surface area contributed by atoms with Crippen LogP contribution in [0.25, 0.3) is 16.4 Å². The minimum Gasteiger partial charge on any atom is -0.495 e. The summed E-state index contributed by atoms with van der Waals surface area (Å²) in [5.74, 6) is 1.23. The van der Waals surface area contributed by atoms with Crippen LogP contribution in [0.2, 0.25) is 5.02 Å². The number of halogens is 2. The second-order valence-electron chi connectivity index (χ2n) is 5.97. The maximum atomic E-state index is 13.6. The Morgan fingerprint density at radius 1 is 1.10 bits per heavy atom. The van der Waals surface area contributed by atoms with E-state index < -0.39 is 0 Å². The van der Waals surface area contributed by atoms with Crippen molar-refractivity contribution in [1.29, 1.82) is 0 Å². The van der Waals surface area contributed by atoms with Gasteiger partial charge in [0.15, 0.2) is 11.0 Å². The van der Waals surface area contributed by atoms with Gasteiger partial charge in [-0.2, -0.15) is 4.39 Å². The van der Waals surface area contributed by atoms with Crippen molar-refractivity contribution in [3.05, 3.63) is 76.4 Å². The van der Waals surface area contributed by atoms with Crippen molar-refractivity contribution >= 4 is 34.9 Å². The summed E-state index contributed by atoms with van der Waals surface area (Å²) in [5, 5.41) is 9.68. The summed E-state index contributed by atoms with van der Waals surface area (Å²) < 4.78 is 24.3. The largest absolute Gasteiger partial charge is 0.495 e. The van der Waals surface area contributed by atoms with E-state index in [9.17, 15) is 4.39 Å². The van der Waals surface area contributed by atoms with Crippen molar-refractivity contribution in [3.63, 3.8) is 0 Å². The number of thiophene rings is 1. The molecule has 0 atom stereocenters. The smallest absolute Gasteiger partial charge is 0.211 e. The lowest BCUT2D eigenvalue weighted by Gasteiger charge is -2.13. The summed E-state index contributed by atoms with van der Waals surface area (Å²) >= 11 is 8.31. The third-order valence-corrected chi connectivity index (χ3v) is 5.96. The molecule has 4 aromatic rings. The van der Waals surface area contributed by atoms with Crippen LogP contribution in [0.3, 0.4) is 0 Å². The van der Waals surface area contributed by atoms with Gasteiger partial charge in [-0.3, -0.25) is 9.29 Å². The summed E-state index contributed by atoms with van der Waals surface area (Å²) in [7, 11) is 1.61. The van der Waals surface area contributed by atoms with Crippen molar-refractivity contribution in [2.75, 3.05) is 7.11 Å². The molecule has 0 saturated carbocycles. The van der Waals surface area contributed by atoms with Crippen molar-refractivity contribution in [3.8, 4) is 22.1 Å². The third-order valence-electron chi connectivity index (χ3n) is 4.11. The number of nitrogens with zero attached hydrogens (tertiary/aromatic N) is 3. The van der Waals surface area contributed by atoms with Crippen LogP contribution in [-0.4, -0.2) is 21.9 Å². The van der Waals surface area contributed by atoms with E-state index in [0.29, 0.717) is 33.2 Å². The molecule has 0 aliphatic rings. The minimum absolute atomic E-state index is 0.273. The van der Waals surface area contributed by atoms with Gasteiger partial charge >= 0.3 is 0 Å². The van der Waals surface area contributed by atoms with Crippen LogP contribution in [-0.2, 0) is 6.54 Å². The number of hydrogen-bond acceptors (Lipinski definition) is 6. The molecule has 0 fully saturated rings. The zero-order chi connectivity index (χ0) is 20.2. The number of aromatic nitrogens is 3. The number of methoxy groups -OCH3 is 1. The van der Waals surface area contributed by atoms with E-state index in [1.165, 1.54) is 18.0 Å². The highest BCUT2D eigenvalue weighted by Gasteiger charge is 2.20. The van der Waals surface area contributed by atoms with E-state index in [2.05, 4.69) is 14.9 Å². The number of ether oxygens (including phenoxy) is 1. The Bertz CT molecular complexity index is 1110. The second-order valence-corrected chi connectivity index (χ2v) is 8.30. The minimum atomic E-state index is -0.273. The fourth-order valence-corrected chi connectivity index (χ4v) is 4.31. The van der Waals surface area contributed by atoms with Crippen LogP contribution in [0.15, 0.2) is 65.8 Å². The van der Waals surface area contributed by atoms with Gasteiger partial charge in [-0.1, -0.05) is 35.9 Å². The Morgan fingerprint density at radius 2 is 1.90 bits per heavy atom. The SMILES string of the molecule is COc1ccccc1-n1c(SNCc2ccc(Cl)cc2)nnc1-c1ccc(F)s1. The van der Waals surface area contributed by atoms with Gasteiger partial charge in [-0.15, -0.1) is 21.5 Å². The lowest BCUT2D eigenvalue weighted by Crippen LogP contribution is -2.07. The molecule has 2 aromatic carbocycles. The number of rotatable bonds is 7. The van der Waals surface area contributed by atoms with E-state index in [-0.39, 0.29) is 5.13 Å². The predicted octanol–water partition coefficient (Wildman–Crippen LogP) is 5.59. The van der Waals surface area contributed by atoms with Crippen LogP contribution in [0, 0.1) is 5.13 Å². The Balaban J connectivity index is 1.66.